The summed E-state index contributed by atoms with van der Waals surface area (Å²) in [4.78, 5) is 15.8. The van der Waals surface area contributed by atoms with Crippen LogP contribution in [0.5, 0.6) is 0 Å². The zero-order chi connectivity index (χ0) is 36.3. The fourth-order valence-electron chi connectivity index (χ4n) is 7.93. The third-order valence-corrected chi connectivity index (χ3v) is 11.9. The second-order valence-electron chi connectivity index (χ2n) is 14.0. The van der Waals surface area contributed by atoms with Gasteiger partial charge in [-0.3, -0.25) is 0 Å². The first-order valence-corrected chi connectivity index (χ1v) is 19.3. The summed E-state index contributed by atoms with van der Waals surface area (Å²) in [7, 11) is 0. The first-order chi connectivity index (χ1) is 27.2. The van der Waals surface area contributed by atoms with Gasteiger partial charge >= 0.3 is 0 Å². The van der Waals surface area contributed by atoms with Gasteiger partial charge in [-0.15, -0.1) is 11.3 Å². The molecule has 0 radical (unpaired) electrons. The highest BCUT2D eigenvalue weighted by Gasteiger charge is 2.21. The van der Waals surface area contributed by atoms with Crippen molar-refractivity contribution < 1.29 is 0 Å². The summed E-state index contributed by atoms with van der Waals surface area (Å²) in [5.41, 5.74) is 7.53. The van der Waals surface area contributed by atoms with Crippen LogP contribution in [0.4, 0.5) is 0 Å². The molecule has 55 heavy (non-hydrogen) atoms. The highest BCUT2D eigenvalue weighted by atomic mass is 32.1. The van der Waals surface area contributed by atoms with Crippen LogP contribution >= 0.6 is 11.3 Å². The minimum atomic E-state index is 0.642. The summed E-state index contributed by atoms with van der Waals surface area (Å²) in [6.45, 7) is 0. The molecule has 0 N–H and O–H groups in total. The van der Waals surface area contributed by atoms with E-state index in [4.69, 9.17) is 15.0 Å². The Hall–Kier alpha value is -7.01. The van der Waals surface area contributed by atoms with E-state index < -0.39 is 0 Å². The Morgan fingerprint density at radius 1 is 0.309 bits per heavy atom. The number of hydrogen-bond donors (Lipinski definition) is 0. The molecule has 11 aromatic rings. The molecule has 2 aromatic heterocycles. The van der Waals surface area contributed by atoms with Crippen LogP contribution in [0.25, 0.3) is 109 Å². The minimum absolute atomic E-state index is 0.642. The quantitative estimate of drug-likeness (QED) is 0.166. The molecule has 0 atom stereocenters. The summed E-state index contributed by atoms with van der Waals surface area (Å²) in [6.07, 6.45) is 0. The molecule has 0 spiro atoms. The van der Waals surface area contributed by atoms with Crippen LogP contribution in [0, 0.1) is 0 Å². The fourth-order valence-corrected chi connectivity index (χ4v) is 9.26. The second kappa shape index (κ2) is 12.8. The van der Waals surface area contributed by atoms with Crippen LogP contribution in [0.1, 0.15) is 0 Å². The summed E-state index contributed by atoms with van der Waals surface area (Å²) in [5, 5.41) is 9.76. The number of aromatic nitrogens is 3. The number of rotatable bonds is 5. The molecule has 4 heteroatoms. The molecule has 0 saturated heterocycles. The zero-order valence-corrected chi connectivity index (χ0v) is 30.5. The van der Waals surface area contributed by atoms with Gasteiger partial charge in [-0.2, -0.15) is 0 Å². The number of benzene rings is 9. The largest absolute Gasteiger partial charge is 0.208 e. The van der Waals surface area contributed by atoms with Crippen molar-refractivity contribution in [3.8, 4) is 56.4 Å². The molecule has 0 bridgehead atoms. The highest BCUT2D eigenvalue weighted by Crippen LogP contribution is 2.47. The molecule has 11 rings (SSSR count). The molecular weight excluding hydrogens is 687 g/mol. The summed E-state index contributed by atoms with van der Waals surface area (Å²) in [6, 6.07) is 66.8. The predicted octanol–water partition coefficient (Wildman–Crippen LogP) is 14.0. The van der Waals surface area contributed by atoms with E-state index in [0.29, 0.717) is 17.5 Å². The maximum Gasteiger partial charge on any atom is 0.164 e. The van der Waals surface area contributed by atoms with E-state index in [2.05, 4.69) is 176 Å². The molecule has 0 saturated carbocycles. The van der Waals surface area contributed by atoms with Gasteiger partial charge in [0, 0.05) is 42.2 Å². The van der Waals surface area contributed by atoms with Crippen molar-refractivity contribution in [1.82, 2.24) is 15.0 Å². The Kier molecular flexibility index (Phi) is 7.35. The molecule has 0 unspecified atom stereocenters. The van der Waals surface area contributed by atoms with Crippen LogP contribution in [0.3, 0.4) is 0 Å². The Morgan fingerprint density at radius 3 is 1.40 bits per heavy atom. The number of thiophene rings is 1. The number of hydrogen-bond acceptors (Lipinski definition) is 4. The van der Waals surface area contributed by atoms with Crippen molar-refractivity contribution in [2.75, 3.05) is 0 Å². The standard InChI is InChI=1S/C51H31N3S/c1-3-11-32(12-4-1)34-19-24-37(25-20-34)49-52-50(38-26-21-35(22-27-38)33-13-5-2-6-14-33)54-51(53-49)44-30-41-28-23-36-15-9-10-18-42(36)46(41)48-47(44)43-29-39-16-7-8-17-40(39)31-45(43)55-48/h1-31H. The molecule has 0 aliphatic carbocycles. The number of fused-ring (bicyclic) bond motifs is 8. The fraction of sp³-hybridized carbons (Fsp3) is 0. The Bertz CT molecular complexity index is 3120. The van der Waals surface area contributed by atoms with Crippen LogP contribution in [0.15, 0.2) is 188 Å². The number of nitrogens with zero attached hydrogens (tertiary/aromatic N) is 3. The maximum absolute atomic E-state index is 5.32. The van der Waals surface area contributed by atoms with E-state index in [-0.39, 0.29) is 0 Å². The van der Waals surface area contributed by atoms with Crippen LogP contribution < -0.4 is 0 Å². The van der Waals surface area contributed by atoms with Crippen molar-refractivity contribution in [3.05, 3.63) is 188 Å². The van der Waals surface area contributed by atoms with Gasteiger partial charge in [-0.1, -0.05) is 170 Å². The lowest BCUT2D eigenvalue weighted by atomic mass is 9.95. The van der Waals surface area contributed by atoms with Gasteiger partial charge in [-0.05, 0) is 67.4 Å². The molecule has 0 aliphatic rings. The summed E-state index contributed by atoms with van der Waals surface area (Å²) < 4.78 is 2.50. The predicted molar refractivity (Wildman–Crippen MR) is 232 cm³/mol. The van der Waals surface area contributed by atoms with Crippen molar-refractivity contribution in [1.29, 1.82) is 0 Å². The van der Waals surface area contributed by atoms with E-state index in [9.17, 15) is 0 Å². The lowest BCUT2D eigenvalue weighted by Gasteiger charge is -2.13. The summed E-state index contributed by atoms with van der Waals surface area (Å²) in [5.74, 6) is 1.94. The van der Waals surface area contributed by atoms with Gasteiger partial charge in [-0.25, -0.2) is 15.0 Å². The Balaban J connectivity index is 1.18. The smallest absolute Gasteiger partial charge is 0.164 e. The molecule has 256 valence electrons. The van der Waals surface area contributed by atoms with E-state index in [1.165, 1.54) is 63.6 Å². The van der Waals surface area contributed by atoms with Crippen LogP contribution in [-0.4, -0.2) is 15.0 Å². The lowest BCUT2D eigenvalue weighted by molar-refractivity contribution is 1.08. The first-order valence-electron chi connectivity index (χ1n) is 18.5. The molecule has 2 heterocycles. The zero-order valence-electron chi connectivity index (χ0n) is 29.6. The van der Waals surface area contributed by atoms with Crippen molar-refractivity contribution in [2.45, 2.75) is 0 Å². The van der Waals surface area contributed by atoms with E-state index in [1.54, 1.807) is 0 Å². The molecule has 9 aromatic carbocycles. The molecule has 0 aliphatic heterocycles. The second-order valence-corrected chi connectivity index (χ2v) is 15.1. The third-order valence-electron chi connectivity index (χ3n) is 10.7. The van der Waals surface area contributed by atoms with Crippen LogP contribution in [0.2, 0.25) is 0 Å². The van der Waals surface area contributed by atoms with Gasteiger partial charge in [0.2, 0.25) is 0 Å². The van der Waals surface area contributed by atoms with Crippen molar-refractivity contribution in [2.24, 2.45) is 0 Å². The van der Waals surface area contributed by atoms with Crippen molar-refractivity contribution in [3.63, 3.8) is 0 Å². The average molecular weight is 718 g/mol. The van der Waals surface area contributed by atoms with E-state index >= 15 is 0 Å². The Morgan fingerprint density at radius 2 is 0.782 bits per heavy atom. The molecule has 3 nitrogen and oxygen atoms in total. The molecule has 0 amide bonds. The normalized spacial score (nSPS) is 11.6. The van der Waals surface area contributed by atoms with E-state index in [1.807, 2.05) is 23.5 Å². The van der Waals surface area contributed by atoms with Crippen LogP contribution in [-0.2, 0) is 0 Å². The average Bonchev–Trinajstić information content (AvgIpc) is 3.64. The Labute approximate surface area is 321 Å². The van der Waals surface area contributed by atoms with Crippen molar-refractivity contribution >= 4 is 63.8 Å². The summed E-state index contributed by atoms with van der Waals surface area (Å²) >= 11 is 1.86. The van der Waals surface area contributed by atoms with Gasteiger partial charge in [0.15, 0.2) is 17.5 Å². The molecular formula is C51H31N3S. The monoisotopic (exact) mass is 717 g/mol. The van der Waals surface area contributed by atoms with Gasteiger partial charge in [0.1, 0.15) is 0 Å². The third kappa shape index (κ3) is 5.46. The van der Waals surface area contributed by atoms with Gasteiger partial charge < -0.3 is 0 Å². The van der Waals surface area contributed by atoms with Gasteiger partial charge in [0.25, 0.3) is 0 Å². The first kappa shape index (κ1) is 31.5. The van der Waals surface area contributed by atoms with Gasteiger partial charge in [0.05, 0.1) is 0 Å². The topological polar surface area (TPSA) is 38.7 Å². The van der Waals surface area contributed by atoms with E-state index in [0.717, 1.165) is 27.8 Å². The highest BCUT2D eigenvalue weighted by molar-refractivity contribution is 7.27. The SMILES string of the molecule is c1ccc(-c2ccc(-c3nc(-c4ccc(-c5ccccc5)cc4)nc(-c4cc5ccc6ccccc6c5c5sc6cc7ccccc7cc6c45)n3)cc2)cc1. The maximum atomic E-state index is 5.32. The molecule has 0 fully saturated rings. The lowest BCUT2D eigenvalue weighted by Crippen LogP contribution is -2.00. The minimum Gasteiger partial charge on any atom is -0.208 e.